The Bertz CT molecular complexity index is 474. The molecular weight excluding hydrogens is 248 g/mol. The van der Waals surface area contributed by atoms with Crippen LogP contribution in [0.25, 0.3) is 0 Å². The summed E-state index contributed by atoms with van der Waals surface area (Å²) in [6.07, 6.45) is 0.437. The Labute approximate surface area is 111 Å². The normalized spacial score (nSPS) is 10.0. The second-order valence-electron chi connectivity index (χ2n) is 4.18. The van der Waals surface area contributed by atoms with Crippen LogP contribution >= 0.6 is 0 Å². The molecule has 3 N–H and O–H groups in total. The molecular formula is C13H18N2O4. The van der Waals surface area contributed by atoms with Crippen molar-refractivity contribution in [1.82, 2.24) is 4.90 Å². The van der Waals surface area contributed by atoms with Gasteiger partial charge in [-0.3, -0.25) is 9.59 Å². The number of carboxylic acids is 1. The third kappa shape index (κ3) is 4.17. The van der Waals surface area contributed by atoms with Gasteiger partial charge >= 0.3 is 5.97 Å². The highest BCUT2D eigenvalue weighted by atomic mass is 16.5. The number of hydrogen-bond acceptors (Lipinski definition) is 4. The molecule has 0 fully saturated rings. The van der Waals surface area contributed by atoms with Crippen molar-refractivity contribution in [2.45, 2.75) is 12.8 Å². The Kier molecular flexibility index (Phi) is 5.17. The summed E-state index contributed by atoms with van der Waals surface area (Å²) in [5, 5.41) is 8.55. The number of carboxylic acid groups (broad SMARTS) is 1. The number of carbonyl (C=O) groups is 2. The van der Waals surface area contributed by atoms with Crippen molar-refractivity contribution < 1.29 is 19.4 Å². The highest BCUT2D eigenvalue weighted by Gasteiger charge is 2.15. The largest absolute Gasteiger partial charge is 0.497 e. The van der Waals surface area contributed by atoms with Crippen LogP contribution in [0.5, 0.6) is 5.75 Å². The van der Waals surface area contributed by atoms with Crippen molar-refractivity contribution in [2.75, 3.05) is 26.4 Å². The standard InChI is InChI=1S/C13H18N2O4/c1-15(7-3-4-12(16)17)13(18)10-8-9(19-2)5-6-11(10)14/h5-6,8H,3-4,7,14H2,1-2H3,(H,16,17). The molecule has 0 aliphatic heterocycles. The average molecular weight is 266 g/mol. The predicted octanol–water partition coefficient (Wildman–Crippen LogP) is 1.21. The molecule has 104 valence electrons. The van der Waals surface area contributed by atoms with Crippen LogP contribution in [0.1, 0.15) is 23.2 Å². The molecule has 1 amide bonds. The van der Waals surface area contributed by atoms with Crippen molar-refractivity contribution >= 4 is 17.6 Å². The number of benzene rings is 1. The van der Waals surface area contributed by atoms with Crippen LogP contribution in [0.15, 0.2) is 18.2 Å². The van der Waals surface area contributed by atoms with E-state index in [4.69, 9.17) is 15.6 Å². The van der Waals surface area contributed by atoms with Crippen LogP contribution in [0.3, 0.4) is 0 Å². The van der Waals surface area contributed by atoms with Crippen molar-refractivity contribution in [3.05, 3.63) is 23.8 Å². The zero-order valence-electron chi connectivity index (χ0n) is 11.0. The lowest BCUT2D eigenvalue weighted by molar-refractivity contribution is -0.137. The maximum Gasteiger partial charge on any atom is 0.303 e. The molecule has 0 saturated heterocycles. The second-order valence-corrected chi connectivity index (χ2v) is 4.18. The number of nitrogens with two attached hydrogens (primary N) is 1. The lowest BCUT2D eigenvalue weighted by Crippen LogP contribution is -2.28. The van der Waals surface area contributed by atoms with Crippen molar-refractivity contribution in [2.24, 2.45) is 0 Å². The fraction of sp³-hybridized carbons (Fsp3) is 0.385. The van der Waals surface area contributed by atoms with Gasteiger partial charge in [0.05, 0.1) is 12.7 Å². The summed E-state index contributed by atoms with van der Waals surface area (Å²) < 4.78 is 5.05. The van der Waals surface area contributed by atoms with E-state index in [-0.39, 0.29) is 12.3 Å². The molecule has 6 nitrogen and oxygen atoms in total. The van der Waals surface area contributed by atoms with E-state index in [9.17, 15) is 9.59 Å². The van der Waals surface area contributed by atoms with E-state index in [1.54, 1.807) is 25.2 Å². The van der Waals surface area contributed by atoms with Gasteiger partial charge in [0, 0.05) is 25.7 Å². The Balaban J connectivity index is 2.73. The molecule has 0 aromatic heterocycles. The smallest absolute Gasteiger partial charge is 0.303 e. The van der Waals surface area contributed by atoms with Gasteiger partial charge in [0.25, 0.3) is 5.91 Å². The first-order valence-corrected chi connectivity index (χ1v) is 5.86. The van der Waals surface area contributed by atoms with Crippen LogP contribution in [-0.2, 0) is 4.79 Å². The first kappa shape index (κ1) is 14.8. The van der Waals surface area contributed by atoms with Gasteiger partial charge in [-0.15, -0.1) is 0 Å². The number of nitrogens with zero attached hydrogens (tertiary/aromatic N) is 1. The van der Waals surface area contributed by atoms with E-state index in [0.29, 0.717) is 30.0 Å². The minimum Gasteiger partial charge on any atom is -0.497 e. The highest BCUT2D eigenvalue weighted by molar-refractivity contribution is 5.99. The van der Waals surface area contributed by atoms with Gasteiger partial charge in [0.1, 0.15) is 5.75 Å². The molecule has 0 aliphatic rings. The number of methoxy groups -OCH3 is 1. The van der Waals surface area contributed by atoms with E-state index >= 15 is 0 Å². The molecule has 0 heterocycles. The summed E-state index contributed by atoms with van der Waals surface area (Å²) in [5.74, 6) is -0.569. The monoisotopic (exact) mass is 266 g/mol. The number of hydrogen-bond donors (Lipinski definition) is 2. The zero-order chi connectivity index (χ0) is 14.4. The van der Waals surface area contributed by atoms with Crippen LogP contribution in [0.4, 0.5) is 5.69 Å². The summed E-state index contributed by atoms with van der Waals surface area (Å²) in [4.78, 5) is 24.0. The predicted molar refractivity (Wildman–Crippen MR) is 71.2 cm³/mol. The Morgan fingerprint density at radius 1 is 1.42 bits per heavy atom. The van der Waals surface area contributed by atoms with E-state index in [0.717, 1.165) is 0 Å². The molecule has 1 rings (SSSR count). The first-order valence-electron chi connectivity index (χ1n) is 5.86. The van der Waals surface area contributed by atoms with Gasteiger partial charge in [0.15, 0.2) is 0 Å². The number of anilines is 1. The van der Waals surface area contributed by atoms with Crippen molar-refractivity contribution in [3.63, 3.8) is 0 Å². The van der Waals surface area contributed by atoms with Gasteiger partial charge < -0.3 is 20.5 Å². The number of amides is 1. The Morgan fingerprint density at radius 3 is 2.68 bits per heavy atom. The van der Waals surface area contributed by atoms with Gasteiger partial charge in [-0.05, 0) is 24.6 Å². The molecule has 0 aliphatic carbocycles. The molecule has 1 aromatic carbocycles. The van der Waals surface area contributed by atoms with Gasteiger partial charge in [-0.1, -0.05) is 0 Å². The molecule has 19 heavy (non-hydrogen) atoms. The van der Waals surface area contributed by atoms with Crippen LogP contribution in [0, 0.1) is 0 Å². The van der Waals surface area contributed by atoms with E-state index in [2.05, 4.69) is 0 Å². The topological polar surface area (TPSA) is 92.9 Å². The molecule has 0 bridgehead atoms. The Hall–Kier alpha value is -2.24. The third-order valence-corrected chi connectivity index (χ3v) is 2.72. The molecule has 1 aromatic rings. The molecule has 0 saturated carbocycles. The van der Waals surface area contributed by atoms with Crippen LogP contribution in [-0.4, -0.2) is 42.6 Å². The minimum atomic E-state index is -0.873. The van der Waals surface area contributed by atoms with Gasteiger partial charge in [-0.2, -0.15) is 0 Å². The second kappa shape index (κ2) is 6.63. The van der Waals surface area contributed by atoms with Gasteiger partial charge in [-0.25, -0.2) is 0 Å². The lowest BCUT2D eigenvalue weighted by atomic mass is 10.1. The third-order valence-electron chi connectivity index (χ3n) is 2.72. The number of ether oxygens (including phenoxy) is 1. The number of aliphatic carboxylic acids is 1. The fourth-order valence-corrected chi connectivity index (χ4v) is 1.62. The molecule has 0 radical (unpaired) electrons. The lowest BCUT2D eigenvalue weighted by Gasteiger charge is -2.18. The van der Waals surface area contributed by atoms with Crippen LogP contribution in [0.2, 0.25) is 0 Å². The molecule has 0 unspecified atom stereocenters. The maximum atomic E-state index is 12.2. The molecule has 0 atom stereocenters. The maximum absolute atomic E-state index is 12.2. The summed E-state index contributed by atoms with van der Waals surface area (Å²) in [6, 6.07) is 4.86. The van der Waals surface area contributed by atoms with E-state index in [1.807, 2.05) is 0 Å². The molecule has 0 spiro atoms. The SMILES string of the molecule is COc1ccc(N)c(C(=O)N(C)CCCC(=O)O)c1. The van der Waals surface area contributed by atoms with Crippen molar-refractivity contribution in [3.8, 4) is 5.75 Å². The van der Waals surface area contributed by atoms with E-state index < -0.39 is 5.97 Å². The summed E-state index contributed by atoms with van der Waals surface area (Å²) in [6.45, 7) is 0.363. The quantitative estimate of drug-likeness (QED) is 0.755. The average Bonchev–Trinajstić information content (AvgIpc) is 2.38. The van der Waals surface area contributed by atoms with Gasteiger partial charge in [0.2, 0.25) is 0 Å². The fourth-order valence-electron chi connectivity index (χ4n) is 1.62. The molecule has 6 heteroatoms. The minimum absolute atomic E-state index is 0.0329. The summed E-state index contributed by atoms with van der Waals surface area (Å²) in [5.41, 5.74) is 6.49. The first-order chi connectivity index (χ1) is 8.95. The van der Waals surface area contributed by atoms with E-state index in [1.165, 1.54) is 12.0 Å². The number of rotatable bonds is 6. The summed E-state index contributed by atoms with van der Waals surface area (Å²) in [7, 11) is 3.12. The zero-order valence-corrected chi connectivity index (χ0v) is 11.0. The summed E-state index contributed by atoms with van der Waals surface area (Å²) >= 11 is 0. The van der Waals surface area contributed by atoms with Crippen LogP contribution < -0.4 is 10.5 Å². The highest BCUT2D eigenvalue weighted by Crippen LogP contribution is 2.20. The number of nitrogen functional groups attached to an aromatic ring is 1. The Morgan fingerprint density at radius 2 is 2.11 bits per heavy atom. The van der Waals surface area contributed by atoms with Crippen molar-refractivity contribution in [1.29, 1.82) is 0 Å². The number of carbonyl (C=O) groups excluding carboxylic acids is 1.